The van der Waals surface area contributed by atoms with E-state index in [1.165, 1.54) is 0 Å². The molecule has 0 aromatic heterocycles. The Balaban J connectivity index is 1.14. The zero-order chi connectivity index (χ0) is 20.8. The van der Waals surface area contributed by atoms with Crippen molar-refractivity contribution in [3.05, 3.63) is 12.2 Å². The van der Waals surface area contributed by atoms with Gasteiger partial charge in [-0.15, -0.1) is 0 Å². The molecule has 1 aliphatic heterocycles. The van der Waals surface area contributed by atoms with Gasteiger partial charge in [0.2, 0.25) is 0 Å². The highest BCUT2D eigenvalue weighted by Crippen LogP contribution is 2.55. The van der Waals surface area contributed by atoms with Crippen molar-refractivity contribution in [1.29, 1.82) is 0 Å². The van der Waals surface area contributed by atoms with Gasteiger partial charge in [0, 0.05) is 23.8 Å². The molecule has 6 nitrogen and oxygen atoms in total. The highest BCUT2D eigenvalue weighted by molar-refractivity contribution is 5.86. The van der Waals surface area contributed by atoms with Crippen molar-refractivity contribution in [2.24, 2.45) is 17.8 Å². The van der Waals surface area contributed by atoms with E-state index in [2.05, 4.69) is 6.58 Å². The van der Waals surface area contributed by atoms with Gasteiger partial charge in [-0.2, -0.15) is 0 Å². The van der Waals surface area contributed by atoms with Crippen LogP contribution in [0.2, 0.25) is 0 Å². The Kier molecular flexibility index (Phi) is 7.73. The summed E-state index contributed by atoms with van der Waals surface area (Å²) in [5, 5.41) is 0. The summed E-state index contributed by atoms with van der Waals surface area (Å²) in [4.78, 5) is 35.1. The van der Waals surface area contributed by atoms with Gasteiger partial charge in [0.25, 0.3) is 0 Å². The van der Waals surface area contributed by atoms with E-state index in [0.29, 0.717) is 24.5 Å². The molecule has 29 heavy (non-hydrogen) atoms. The van der Waals surface area contributed by atoms with E-state index in [0.717, 1.165) is 64.2 Å². The molecule has 0 N–H and O–H groups in total. The summed E-state index contributed by atoms with van der Waals surface area (Å²) in [7, 11) is 0. The molecule has 5 atom stereocenters. The minimum atomic E-state index is -0.308. The van der Waals surface area contributed by atoms with Crippen molar-refractivity contribution in [3.63, 3.8) is 0 Å². The Bertz CT molecular complexity index is 627. The van der Waals surface area contributed by atoms with Crippen molar-refractivity contribution in [2.45, 2.75) is 89.8 Å². The SMILES string of the molecule is C=C(C)C(=O)OCCCCCCCCCCC(=O)OC1C2CC3C(=O)OC1C3C2. The Morgan fingerprint density at radius 2 is 1.69 bits per heavy atom. The third-order valence-corrected chi connectivity index (χ3v) is 6.54. The third kappa shape index (κ3) is 5.61. The second-order valence-electron chi connectivity index (χ2n) is 8.85. The normalized spacial score (nSPS) is 29.0. The van der Waals surface area contributed by atoms with Crippen molar-refractivity contribution in [3.8, 4) is 0 Å². The number of esters is 3. The third-order valence-electron chi connectivity index (χ3n) is 6.54. The van der Waals surface area contributed by atoms with Crippen molar-refractivity contribution in [2.75, 3.05) is 6.61 Å². The van der Waals surface area contributed by atoms with Gasteiger partial charge in [0.05, 0.1) is 12.5 Å². The standard InChI is InChI=1S/C23H34O6/c1-15(2)22(25)27-12-10-8-6-4-3-5-7-9-11-19(24)28-20-16-13-17-18(14-16)23(26)29-21(17)20/h16-18,20-21H,1,3-14H2,2H3. The Labute approximate surface area is 173 Å². The summed E-state index contributed by atoms with van der Waals surface area (Å²) in [5.74, 6) is 0.113. The summed E-state index contributed by atoms with van der Waals surface area (Å²) in [6.07, 6.45) is 10.3. The van der Waals surface area contributed by atoms with Crippen LogP contribution in [-0.4, -0.2) is 36.7 Å². The molecule has 0 spiro atoms. The topological polar surface area (TPSA) is 78.9 Å². The molecular formula is C23H34O6. The number of hydrogen-bond acceptors (Lipinski definition) is 6. The van der Waals surface area contributed by atoms with Gasteiger partial charge in [-0.25, -0.2) is 4.79 Å². The molecule has 1 heterocycles. The highest BCUT2D eigenvalue weighted by atomic mass is 16.6. The molecule has 2 saturated carbocycles. The van der Waals surface area contributed by atoms with Crippen molar-refractivity contribution >= 4 is 17.9 Å². The van der Waals surface area contributed by atoms with Crippen LogP contribution in [0.1, 0.15) is 77.6 Å². The first-order valence-corrected chi connectivity index (χ1v) is 11.2. The van der Waals surface area contributed by atoms with Crippen molar-refractivity contribution < 1.29 is 28.6 Å². The fourth-order valence-electron chi connectivity index (χ4n) is 5.00. The minimum absolute atomic E-state index is 0.0614. The largest absolute Gasteiger partial charge is 0.462 e. The van der Waals surface area contributed by atoms with Crippen LogP contribution in [0.25, 0.3) is 0 Å². The molecule has 2 bridgehead atoms. The molecular weight excluding hydrogens is 372 g/mol. The van der Waals surface area contributed by atoms with Crippen molar-refractivity contribution in [1.82, 2.24) is 0 Å². The van der Waals surface area contributed by atoms with Crippen LogP contribution in [-0.2, 0) is 28.6 Å². The van der Waals surface area contributed by atoms with Crippen LogP contribution >= 0.6 is 0 Å². The predicted octanol–water partition coefficient (Wildman–Crippen LogP) is 4.11. The fraction of sp³-hybridized carbons (Fsp3) is 0.783. The molecule has 162 valence electrons. The smallest absolute Gasteiger partial charge is 0.333 e. The van der Waals surface area contributed by atoms with Gasteiger partial charge in [-0.05, 0) is 32.6 Å². The minimum Gasteiger partial charge on any atom is -0.462 e. The van der Waals surface area contributed by atoms with Gasteiger partial charge < -0.3 is 14.2 Å². The summed E-state index contributed by atoms with van der Waals surface area (Å²) in [6, 6.07) is 0. The van der Waals surface area contributed by atoms with Crippen LogP contribution in [0.4, 0.5) is 0 Å². The molecule has 3 fully saturated rings. The maximum Gasteiger partial charge on any atom is 0.333 e. The van der Waals surface area contributed by atoms with E-state index in [9.17, 15) is 14.4 Å². The zero-order valence-corrected chi connectivity index (χ0v) is 17.5. The molecule has 0 aromatic carbocycles. The second-order valence-corrected chi connectivity index (χ2v) is 8.85. The number of fused-ring (bicyclic) bond motifs is 1. The van der Waals surface area contributed by atoms with Gasteiger partial charge in [-0.1, -0.05) is 45.1 Å². The van der Waals surface area contributed by atoms with E-state index in [1.54, 1.807) is 6.92 Å². The van der Waals surface area contributed by atoms with Crippen LogP contribution in [0, 0.1) is 17.8 Å². The molecule has 1 saturated heterocycles. The lowest BCUT2D eigenvalue weighted by molar-refractivity contribution is -0.161. The van der Waals surface area contributed by atoms with Crippen LogP contribution in [0.5, 0.6) is 0 Å². The van der Waals surface area contributed by atoms with E-state index in [-0.39, 0.29) is 42.0 Å². The molecule has 2 aliphatic carbocycles. The summed E-state index contributed by atoms with van der Waals surface area (Å²) in [6.45, 7) is 5.68. The van der Waals surface area contributed by atoms with Crippen LogP contribution < -0.4 is 0 Å². The molecule has 0 aromatic rings. The Hall–Kier alpha value is -1.85. The zero-order valence-electron chi connectivity index (χ0n) is 17.5. The van der Waals surface area contributed by atoms with E-state index in [4.69, 9.17) is 14.2 Å². The van der Waals surface area contributed by atoms with E-state index < -0.39 is 0 Å². The van der Waals surface area contributed by atoms with Gasteiger partial charge in [-0.3, -0.25) is 9.59 Å². The first kappa shape index (κ1) is 21.8. The average Bonchev–Trinajstić information content (AvgIpc) is 3.31. The lowest BCUT2D eigenvalue weighted by atomic mass is 9.88. The van der Waals surface area contributed by atoms with Gasteiger partial charge in [0.1, 0.15) is 12.2 Å². The quantitative estimate of drug-likeness (QED) is 0.198. The summed E-state index contributed by atoms with van der Waals surface area (Å²) >= 11 is 0. The predicted molar refractivity (Wildman–Crippen MR) is 107 cm³/mol. The molecule has 0 amide bonds. The molecule has 3 aliphatic rings. The fourth-order valence-corrected chi connectivity index (χ4v) is 5.00. The number of carbonyl (C=O) groups is 3. The van der Waals surface area contributed by atoms with Crippen LogP contribution in [0.15, 0.2) is 12.2 Å². The highest BCUT2D eigenvalue weighted by Gasteiger charge is 2.63. The maximum atomic E-state index is 12.2. The van der Waals surface area contributed by atoms with Gasteiger partial charge in [0.15, 0.2) is 0 Å². The number of unbranched alkanes of at least 4 members (excludes halogenated alkanes) is 7. The number of carbonyl (C=O) groups excluding carboxylic acids is 3. The number of ether oxygens (including phenoxy) is 3. The number of hydrogen-bond donors (Lipinski definition) is 0. The first-order chi connectivity index (χ1) is 14.0. The van der Waals surface area contributed by atoms with Gasteiger partial charge >= 0.3 is 17.9 Å². The van der Waals surface area contributed by atoms with Crippen LogP contribution in [0.3, 0.4) is 0 Å². The monoisotopic (exact) mass is 406 g/mol. The number of rotatable bonds is 13. The lowest BCUT2D eigenvalue weighted by Gasteiger charge is -2.25. The maximum absolute atomic E-state index is 12.2. The Morgan fingerprint density at radius 3 is 2.38 bits per heavy atom. The molecule has 3 rings (SSSR count). The van der Waals surface area contributed by atoms with E-state index in [1.807, 2.05) is 0 Å². The molecule has 5 unspecified atom stereocenters. The average molecular weight is 407 g/mol. The Morgan fingerprint density at radius 1 is 1.03 bits per heavy atom. The summed E-state index contributed by atoms with van der Waals surface area (Å²) in [5.41, 5.74) is 0.444. The first-order valence-electron chi connectivity index (χ1n) is 11.2. The van der Waals surface area contributed by atoms with E-state index >= 15 is 0 Å². The molecule has 0 radical (unpaired) electrons. The second kappa shape index (κ2) is 10.3. The molecule has 6 heteroatoms. The summed E-state index contributed by atoms with van der Waals surface area (Å²) < 4.78 is 16.2. The lowest BCUT2D eigenvalue weighted by Crippen LogP contribution is -2.35.